The lowest BCUT2D eigenvalue weighted by atomic mass is 9.89. The van der Waals surface area contributed by atoms with E-state index in [9.17, 15) is 24.0 Å². The Hall–Kier alpha value is -4.34. The summed E-state index contributed by atoms with van der Waals surface area (Å²) >= 11 is 0. The molecular weight excluding hydrogens is 1030 g/mol. The number of amides is 1. The molecule has 0 fully saturated rings. The molecule has 1 aromatic rings. The van der Waals surface area contributed by atoms with Crippen LogP contribution < -0.4 is 5.32 Å². The summed E-state index contributed by atoms with van der Waals surface area (Å²) in [6, 6.07) is 7.34. The summed E-state index contributed by atoms with van der Waals surface area (Å²) in [4.78, 5) is 71.6. The minimum Gasteiger partial charge on any atom is -0.464 e. The maximum Gasteiger partial charge on any atom is 0.305 e. The Bertz CT molecular complexity index is 1700. The Morgan fingerprint density at radius 2 is 0.687 bits per heavy atom. The summed E-state index contributed by atoms with van der Waals surface area (Å²) in [5.41, 5.74) is -0.167. The highest BCUT2D eigenvalue weighted by molar-refractivity contribution is 5.96. The predicted molar refractivity (Wildman–Crippen MR) is 349 cm³/mol. The van der Waals surface area contributed by atoms with Gasteiger partial charge in [0.25, 0.3) is 0 Å². The van der Waals surface area contributed by atoms with Crippen molar-refractivity contribution >= 4 is 35.8 Å². The summed E-state index contributed by atoms with van der Waals surface area (Å²) in [7, 11) is 0. The van der Waals surface area contributed by atoms with Gasteiger partial charge in [-0.25, -0.2) is 0 Å². The Morgan fingerprint density at radius 1 is 0.386 bits per heavy atom. The zero-order chi connectivity index (χ0) is 60.2. The van der Waals surface area contributed by atoms with Crippen molar-refractivity contribution in [1.82, 2.24) is 5.32 Å². The minimum absolute atomic E-state index is 0.123. The largest absolute Gasteiger partial charge is 0.464 e. The van der Waals surface area contributed by atoms with Gasteiger partial charge in [-0.1, -0.05) is 249 Å². The Balaban J connectivity index is 2.96. The number of Topliss-reactive ketones (excluding diaryl/α,β-unsaturated/α-hetero) is 1. The van der Waals surface area contributed by atoms with E-state index < -0.39 is 49.1 Å². The Labute approximate surface area is 508 Å². The van der Waals surface area contributed by atoms with Crippen molar-refractivity contribution in [2.75, 3.05) is 32.9 Å². The molecule has 0 saturated carbocycles. The van der Waals surface area contributed by atoms with Crippen LogP contribution in [0.5, 0.6) is 0 Å². The van der Waals surface area contributed by atoms with Crippen LogP contribution in [0.15, 0.2) is 65.7 Å². The second-order valence-electron chi connectivity index (χ2n) is 23.7. The molecule has 0 saturated heterocycles. The van der Waals surface area contributed by atoms with Crippen molar-refractivity contribution in [3.05, 3.63) is 71.8 Å². The molecule has 0 atom stereocenters. The molecule has 0 radical (unpaired) electrons. The van der Waals surface area contributed by atoms with Crippen LogP contribution in [0, 0.1) is 5.41 Å². The van der Waals surface area contributed by atoms with Gasteiger partial charge in [-0.05, 0) is 108 Å². The van der Waals surface area contributed by atoms with E-state index in [0.29, 0.717) is 31.2 Å². The van der Waals surface area contributed by atoms with Gasteiger partial charge < -0.3 is 19.5 Å². The van der Waals surface area contributed by atoms with Crippen LogP contribution in [0.4, 0.5) is 0 Å². The lowest BCUT2D eigenvalue weighted by Crippen LogP contribution is -2.52. The second kappa shape index (κ2) is 58.1. The standard InChI is InChI=1S/C73H124N2O8/c1-5-9-13-16-19-22-25-28-31-34-37-40-43-46-49-53-69(77)81-63-73(72(80)75-61-60-74-62-66-56-58-67(59-57-66)68(76)52-12-8-4,64-82-70(78)54-50-47-44-41-38-35-32-29-26-23-20-17-14-10-6-2)65-83-71(79)55-51-48-45-42-39-36-33-30-27-24-21-18-15-11-7-3/h28-33,56-59,62H,5-27,34-55,60-61,63-65H2,1-4H3,(H,75,80)/b31-28-,32-29-,33-30-,74-62?. The first-order valence-corrected chi connectivity index (χ1v) is 34.5. The lowest BCUT2D eigenvalue weighted by molar-refractivity contribution is -0.167. The lowest BCUT2D eigenvalue weighted by Gasteiger charge is -2.31. The van der Waals surface area contributed by atoms with Crippen molar-refractivity contribution in [2.45, 2.75) is 317 Å². The number of rotatable bonds is 60. The van der Waals surface area contributed by atoms with Crippen molar-refractivity contribution in [1.29, 1.82) is 0 Å². The maximum absolute atomic E-state index is 14.5. The third-order valence-electron chi connectivity index (χ3n) is 15.7. The molecule has 0 heterocycles. The van der Waals surface area contributed by atoms with Gasteiger partial charge in [0.05, 0.1) is 6.54 Å². The first kappa shape index (κ1) is 76.7. The summed E-state index contributed by atoms with van der Waals surface area (Å²) in [5.74, 6) is -1.75. The van der Waals surface area contributed by atoms with Gasteiger partial charge in [-0.3, -0.25) is 29.0 Å². The van der Waals surface area contributed by atoms with Crippen LogP contribution in [0.3, 0.4) is 0 Å². The van der Waals surface area contributed by atoms with Crippen LogP contribution in [0.25, 0.3) is 0 Å². The highest BCUT2D eigenvalue weighted by atomic mass is 16.6. The van der Waals surface area contributed by atoms with E-state index >= 15 is 0 Å². The molecule has 83 heavy (non-hydrogen) atoms. The van der Waals surface area contributed by atoms with Gasteiger partial charge in [0.1, 0.15) is 19.8 Å². The number of ketones is 1. The van der Waals surface area contributed by atoms with E-state index in [4.69, 9.17) is 14.2 Å². The zero-order valence-corrected chi connectivity index (χ0v) is 53.9. The number of carbonyl (C=O) groups is 5. The van der Waals surface area contributed by atoms with Crippen molar-refractivity contribution in [3.8, 4) is 0 Å². The van der Waals surface area contributed by atoms with E-state index in [1.807, 2.05) is 24.3 Å². The highest BCUT2D eigenvalue weighted by Crippen LogP contribution is 2.24. The van der Waals surface area contributed by atoms with Gasteiger partial charge in [-0.15, -0.1) is 0 Å². The van der Waals surface area contributed by atoms with Crippen LogP contribution in [-0.2, 0) is 33.4 Å². The molecule has 0 spiro atoms. The number of carbonyl (C=O) groups excluding carboxylic acids is 5. The third kappa shape index (κ3) is 47.6. The number of nitrogens with one attached hydrogen (secondary N) is 1. The summed E-state index contributed by atoms with van der Waals surface area (Å²) in [6.07, 6.45) is 63.4. The SMILES string of the molecule is CCCCCCCC/C=C\CCCCCCCC(=O)OCC(COC(=O)CCCCCCC/C=C\CCCCCCCC)(COC(=O)CCCCCCC/C=C\CCCCCCCC)C(=O)NCCN=Cc1ccc(C(=O)CCCC)cc1. The Kier molecular flexibility index (Phi) is 53.6. The van der Waals surface area contributed by atoms with E-state index in [0.717, 1.165) is 134 Å². The van der Waals surface area contributed by atoms with E-state index in [-0.39, 0.29) is 38.1 Å². The summed E-state index contributed by atoms with van der Waals surface area (Å²) < 4.78 is 17.6. The molecule has 474 valence electrons. The molecule has 0 aliphatic heterocycles. The summed E-state index contributed by atoms with van der Waals surface area (Å²) in [5, 5.41) is 2.94. The fraction of sp³-hybridized carbons (Fsp3) is 0.753. The highest BCUT2D eigenvalue weighted by Gasteiger charge is 2.43. The number of allylic oxidation sites excluding steroid dienone is 6. The second-order valence-corrected chi connectivity index (χ2v) is 23.7. The zero-order valence-electron chi connectivity index (χ0n) is 53.9. The normalized spacial score (nSPS) is 11.9. The molecule has 10 heteroatoms. The van der Waals surface area contributed by atoms with Crippen LogP contribution in [-0.4, -0.2) is 68.7 Å². The van der Waals surface area contributed by atoms with E-state index in [1.54, 1.807) is 6.21 Å². The van der Waals surface area contributed by atoms with Gasteiger partial charge in [0.2, 0.25) is 5.91 Å². The summed E-state index contributed by atoms with van der Waals surface area (Å²) in [6.45, 7) is 7.98. The Morgan fingerprint density at radius 3 is 1.01 bits per heavy atom. The van der Waals surface area contributed by atoms with Crippen LogP contribution in [0.1, 0.15) is 333 Å². The third-order valence-corrected chi connectivity index (χ3v) is 15.7. The predicted octanol–water partition coefficient (Wildman–Crippen LogP) is 20.3. The maximum atomic E-state index is 14.5. The first-order chi connectivity index (χ1) is 40.7. The quantitative estimate of drug-likeness (QED) is 0.0170. The number of nitrogens with zero attached hydrogens (tertiary/aromatic N) is 1. The average molecular weight is 1160 g/mol. The number of hydrogen-bond donors (Lipinski definition) is 1. The number of ether oxygens (including phenoxy) is 3. The molecule has 1 amide bonds. The molecule has 0 unspecified atom stereocenters. The van der Waals surface area contributed by atoms with Gasteiger partial charge in [-0.2, -0.15) is 0 Å². The fourth-order valence-electron chi connectivity index (χ4n) is 10.0. The number of hydrogen-bond acceptors (Lipinski definition) is 9. The fourth-order valence-corrected chi connectivity index (χ4v) is 10.0. The van der Waals surface area contributed by atoms with E-state index in [2.05, 4.69) is 74.5 Å². The molecular formula is C73H124N2O8. The molecule has 1 rings (SSSR count). The van der Waals surface area contributed by atoms with Gasteiger partial charge in [0.15, 0.2) is 11.2 Å². The molecule has 1 aromatic carbocycles. The number of aliphatic imine (C=N–C) groups is 1. The molecule has 0 bridgehead atoms. The average Bonchev–Trinajstić information content (AvgIpc) is 3.54. The number of unbranched alkanes of at least 4 members (excludes halogenated alkanes) is 34. The smallest absolute Gasteiger partial charge is 0.305 e. The minimum atomic E-state index is -1.67. The van der Waals surface area contributed by atoms with Crippen LogP contribution >= 0.6 is 0 Å². The molecule has 0 aliphatic carbocycles. The van der Waals surface area contributed by atoms with Crippen LogP contribution in [0.2, 0.25) is 0 Å². The van der Waals surface area contributed by atoms with Crippen molar-refractivity contribution < 1.29 is 38.2 Å². The molecule has 1 N–H and O–H groups in total. The van der Waals surface area contributed by atoms with Gasteiger partial charge >= 0.3 is 17.9 Å². The topological polar surface area (TPSA) is 137 Å². The van der Waals surface area contributed by atoms with Gasteiger partial charge in [0, 0.05) is 44.0 Å². The van der Waals surface area contributed by atoms with E-state index in [1.165, 1.54) is 116 Å². The van der Waals surface area contributed by atoms with Crippen molar-refractivity contribution in [3.63, 3.8) is 0 Å². The molecule has 0 aromatic heterocycles. The molecule has 10 nitrogen and oxygen atoms in total. The molecule has 0 aliphatic rings. The first-order valence-electron chi connectivity index (χ1n) is 34.5. The number of benzene rings is 1. The monoisotopic (exact) mass is 1160 g/mol. The van der Waals surface area contributed by atoms with Crippen molar-refractivity contribution in [2.24, 2.45) is 10.4 Å². The number of esters is 3.